The third-order valence-electron chi connectivity index (χ3n) is 13.3. The standard InChI is InChI=1S/C69H118NO8P/c1-3-5-7-9-11-13-15-17-19-21-23-24-25-26-27-28-29-30-31-32-33-34-35-36-37-38-39-40-41-42-44-46-48-50-52-54-56-58-60-62-69(72)78-67(66-77-79(73,74)76-64-63-70)65-75-68(71)61-59-57-55-53-51-49-47-45-43-22-20-18-16-14-12-10-8-6-4-2/h5-8,11-14,17-20,23-24,26-27,29-30,43,45,67H,3-4,9-10,15-16,21-22,25,28,31-42,44,46-66,70H2,1-2H3,(H,73,74)/b7-5-,8-6-,13-11-,14-12-,19-17-,20-18-,24-23-,27-26-,30-29-,45-43-. The minimum absolute atomic E-state index is 0.0474. The molecule has 3 N–H and O–H groups in total. The first-order valence-corrected chi connectivity index (χ1v) is 33.5. The van der Waals surface area contributed by atoms with Gasteiger partial charge >= 0.3 is 19.8 Å². The van der Waals surface area contributed by atoms with Crippen molar-refractivity contribution in [3.63, 3.8) is 0 Å². The molecule has 0 spiro atoms. The summed E-state index contributed by atoms with van der Waals surface area (Å²) in [6, 6.07) is 0. The molecule has 0 amide bonds. The molecule has 2 atom stereocenters. The number of phosphoric ester groups is 1. The van der Waals surface area contributed by atoms with Gasteiger partial charge in [-0.1, -0.05) is 277 Å². The third kappa shape index (κ3) is 63.5. The molecule has 0 aromatic heterocycles. The maximum Gasteiger partial charge on any atom is 0.472 e. The van der Waals surface area contributed by atoms with Crippen LogP contribution in [0.2, 0.25) is 0 Å². The lowest BCUT2D eigenvalue weighted by Crippen LogP contribution is -2.29. The van der Waals surface area contributed by atoms with E-state index < -0.39 is 32.5 Å². The Hall–Kier alpha value is -3.59. The lowest BCUT2D eigenvalue weighted by Gasteiger charge is -2.19. The summed E-state index contributed by atoms with van der Waals surface area (Å²) in [6.07, 6.45) is 88.5. The van der Waals surface area contributed by atoms with E-state index in [9.17, 15) is 19.0 Å². The summed E-state index contributed by atoms with van der Waals surface area (Å²) in [5.74, 6) is -0.842. The van der Waals surface area contributed by atoms with E-state index in [1.54, 1.807) is 0 Å². The Morgan fingerprint density at radius 1 is 0.380 bits per heavy atom. The Morgan fingerprint density at radius 2 is 0.658 bits per heavy atom. The van der Waals surface area contributed by atoms with Crippen LogP contribution in [-0.4, -0.2) is 49.3 Å². The molecule has 9 nitrogen and oxygen atoms in total. The molecule has 0 aliphatic rings. The van der Waals surface area contributed by atoms with Gasteiger partial charge in [0.05, 0.1) is 13.2 Å². The van der Waals surface area contributed by atoms with E-state index in [0.29, 0.717) is 12.8 Å². The number of rotatable bonds is 59. The normalized spacial score (nSPS) is 13.8. The number of carbonyl (C=O) groups is 2. The fourth-order valence-electron chi connectivity index (χ4n) is 8.69. The van der Waals surface area contributed by atoms with Crippen molar-refractivity contribution >= 4 is 19.8 Å². The van der Waals surface area contributed by atoms with E-state index in [1.807, 2.05) is 0 Å². The molecule has 0 radical (unpaired) electrons. The second-order valence-electron chi connectivity index (χ2n) is 20.9. The van der Waals surface area contributed by atoms with Gasteiger partial charge in [-0.25, -0.2) is 4.57 Å². The van der Waals surface area contributed by atoms with E-state index in [0.717, 1.165) is 122 Å². The minimum Gasteiger partial charge on any atom is -0.462 e. The van der Waals surface area contributed by atoms with Crippen LogP contribution in [0.3, 0.4) is 0 Å². The largest absolute Gasteiger partial charge is 0.472 e. The summed E-state index contributed by atoms with van der Waals surface area (Å²) in [5, 5.41) is 0. The van der Waals surface area contributed by atoms with Gasteiger partial charge < -0.3 is 20.1 Å². The van der Waals surface area contributed by atoms with Crippen molar-refractivity contribution < 1.29 is 37.6 Å². The zero-order valence-corrected chi connectivity index (χ0v) is 51.5. The van der Waals surface area contributed by atoms with Crippen molar-refractivity contribution in [1.29, 1.82) is 0 Å². The number of hydrogen-bond donors (Lipinski definition) is 2. The first-order valence-electron chi connectivity index (χ1n) is 32.0. The van der Waals surface area contributed by atoms with Gasteiger partial charge in [-0.3, -0.25) is 18.6 Å². The lowest BCUT2D eigenvalue weighted by atomic mass is 10.0. The zero-order valence-electron chi connectivity index (χ0n) is 50.6. The SMILES string of the molecule is CC/C=C\C/C=C\C/C=C\C/C=C\C/C=C\C/C=C\CCCCCCCCCCCCCCCCCCCCCCC(=O)OC(COC(=O)CCCCCCCC/C=C\C/C=C\C/C=C\C/C=C\CC)COP(=O)(O)OCCN. The summed E-state index contributed by atoms with van der Waals surface area (Å²) in [4.78, 5) is 35.2. The third-order valence-corrected chi connectivity index (χ3v) is 14.3. The van der Waals surface area contributed by atoms with E-state index in [1.165, 1.54) is 109 Å². The molecule has 2 unspecified atom stereocenters. The molecule has 0 saturated heterocycles. The van der Waals surface area contributed by atoms with Gasteiger partial charge in [0.25, 0.3) is 0 Å². The van der Waals surface area contributed by atoms with Crippen molar-refractivity contribution in [3.8, 4) is 0 Å². The van der Waals surface area contributed by atoms with Gasteiger partial charge in [-0.15, -0.1) is 0 Å². The Bertz CT molecular complexity index is 1710. The molecule has 0 bridgehead atoms. The first-order chi connectivity index (χ1) is 38.8. The van der Waals surface area contributed by atoms with Gasteiger partial charge in [-0.05, 0) is 103 Å². The molecule has 79 heavy (non-hydrogen) atoms. The van der Waals surface area contributed by atoms with Crippen molar-refractivity contribution in [2.24, 2.45) is 5.73 Å². The second kappa shape index (κ2) is 63.6. The van der Waals surface area contributed by atoms with Crippen molar-refractivity contribution in [1.82, 2.24) is 0 Å². The zero-order chi connectivity index (χ0) is 57.3. The lowest BCUT2D eigenvalue weighted by molar-refractivity contribution is -0.161. The smallest absolute Gasteiger partial charge is 0.462 e. The van der Waals surface area contributed by atoms with Crippen LogP contribution in [0.5, 0.6) is 0 Å². The Kier molecular flexibility index (Phi) is 60.7. The summed E-state index contributed by atoms with van der Waals surface area (Å²) >= 11 is 0. The number of nitrogens with two attached hydrogens (primary N) is 1. The van der Waals surface area contributed by atoms with Crippen molar-refractivity contribution in [2.45, 2.75) is 277 Å². The van der Waals surface area contributed by atoms with E-state index in [4.69, 9.17) is 24.3 Å². The number of hydrogen-bond acceptors (Lipinski definition) is 8. The summed E-state index contributed by atoms with van der Waals surface area (Å²) in [5.41, 5.74) is 5.39. The summed E-state index contributed by atoms with van der Waals surface area (Å²) in [6.45, 7) is 3.51. The quantitative estimate of drug-likeness (QED) is 0.0264. The van der Waals surface area contributed by atoms with Gasteiger partial charge in [-0.2, -0.15) is 0 Å². The topological polar surface area (TPSA) is 134 Å². The molecule has 0 heterocycles. The van der Waals surface area contributed by atoms with Crippen LogP contribution in [0.1, 0.15) is 271 Å². The fraction of sp³-hybridized carbons (Fsp3) is 0.681. The number of carbonyl (C=O) groups excluding carboxylic acids is 2. The number of esters is 2. The monoisotopic (exact) mass is 1120 g/mol. The average Bonchev–Trinajstić information content (AvgIpc) is 3.44. The van der Waals surface area contributed by atoms with Crippen LogP contribution in [0.15, 0.2) is 122 Å². The van der Waals surface area contributed by atoms with Crippen LogP contribution in [-0.2, 0) is 32.7 Å². The van der Waals surface area contributed by atoms with E-state index in [2.05, 4.69) is 135 Å². The van der Waals surface area contributed by atoms with Gasteiger partial charge in [0.15, 0.2) is 6.10 Å². The minimum atomic E-state index is -4.40. The van der Waals surface area contributed by atoms with Crippen LogP contribution in [0, 0.1) is 0 Å². The highest BCUT2D eigenvalue weighted by Crippen LogP contribution is 2.43. The second-order valence-corrected chi connectivity index (χ2v) is 22.3. The molecule has 0 rings (SSSR count). The molecule has 0 fully saturated rings. The predicted octanol–water partition coefficient (Wildman–Crippen LogP) is 20.7. The molecule has 0 aromatic rings. The highest BCUT2D eigenvalue weighted by molar-refractivity contribution is 7.47. The Labute approximate surface area is 485 Å². The van der Waals surface area contributed by atoms with Gasteiger partial charge in [0.2, 0.25) is 0 Å². The van der Waals surface area contributed by atoms with Crippen LogP contribution in [0.4, 0.5) is 0 Å². The molecular formula is C69H118NO8P. The van der Waals surface area contributed by atoms with Crippen LogP contribution < -0.4 is 5.73 Å². The Morgan fingerprint density at radius 3 is 0.975 bits per heavy atom. The Balaban J connectivity index is 3.86. The van der Waals surface area contributed by atoms with Gasteiger partial charge in [0, 0.05) is 19.4 Å². The molecule has 0 aliphatic carbocycles. The number of unbranched alkanes of at least 4 members (excludes halogenated alkanes) is 26. The number of phosphoric acid groups is 1. The molecule has 10 heteroatoms. The molecule has 0 aromatic carbocycles. The van der Waals surface area contributed by atoms with Gasteiger partial charge in [0.1, 0.15) is 6.61 Å². The summed E-state index contributed by atoms with van der Waals surface area (Å²) < 4.78 is 33.1. The average molecular weight is 1120 g/mol. The molecule has 0 aliphatic heterocycles. The van der Waals surface area contributed by atoms with Crippen molar-refractivity contribution in [2.75, 3.05) is 26.4 Å². The highest BCUT2D eigenvalue weighted by atomic mass is 31.2. The first kappa shape index (κ1) is 75.4. The molecule has 452 valence electrons. The van der Waals surface area contributed by atoms with Crippen LogP contribution >= 0.6 is 7.82 Å². The summed E-state index contributed by atoms with van der Waals surface area (Å²) in [7, 11) is -4.40. The maximum absolute atomic E-state index is 12.7. The molecular weight excluding hydrogens is 1000 g/mol. The number of allylic oxidation sites excluding steroid dienone is 20. The van der Waals surface area contributed by atoms with Crippen LogP contribution in [0.25, 0.3) is 0 Å². The van der Waals surface area contributed by atoms with Crippen molar-refractivity contribution in [3.05, 3.63) is 122 Å². The maximum atomic E-state index is 12.7. The predicted molar refractivity (Wildman–Crippen MR) is 339 cm³/mol. The molecule has 0 saturated carbocycles. The fourth-order valence-corrected chi connectivity index (χ4v) is 9.46. The number of ether oxygens (including phenoxy) is 2. The highest BCUT2D eigenvalue weighted by Gasteiger charge is 2.26. The van der Waals surface area contributed by atoms with E-state index >= 15 is 0 Å². The van der Waals surface area contributed by atoms with E-state index in [-0.39, 0.29) is 32.6 Å².